The van der Waals surface area contributed by atoms with E-state index in [2.05, 4.69) is 10.4 Å². The van der Waals surface area contributed by atoms with Gasteiger partial charge in [-0.1, -0.05) is 6.08 Å². The summed E-state index contributed by atoms with van der Waals surface area (Å²) in [5.74, 6) is 0.134. The van der Waals surface area contributed by atoms with Gasteiger partial charge in [-0.25, -0.2) is 4.79 Å². The number of benzene rings is 1. The molecule has 0 saturated carbocycles. The number of halogens is 3. The molecule has 3 aliphatic heterocycles. The molecule has 1 aromatic carbocycles. The predicted octanol–water partition coefficient (Wildman–Crippen LogP) is 4.21. The Bertz CT molecular complexity index is 1780. The molecule has 246 valence electrons. The number of amides is 2. The number of anilines is 2. The highest BCUT2D eigenvalue weighted by molar-refractivity contribution is 5.95. The van der Waals surface area contributed by atoms with Crippen molar-refractivity contribution >= 4 is 34.7 Å². The molecule has 15 heteroatoms. The van der Waals surface area contributed by atoms with Crippen molar-refractivity contribution < 1.29 is 32.2 Å². The van der Waals surface area contributed by atoms with Crippen LogP contribution in [0.25, 0.3) is 11.4 Å². The number of carbonyl (C=O) groups is 2. The van der Waals surface area contributed by atoms with Gasteiger partial charge in [-0.05, 0) is 76.3 Å². The number of nitrogens with one attached hydrogen (secondary N) is 1. The Morgan fingerprint density at radius 2 is 1.83 bits per heavy atom. The van der Waals surface area contributed by atoms with Crippen LogP contribution in [-0.2, 0) is 26.9 Å². The van der Waals surface area contributed by atoms with Gasteiger partial charge in [-0.3, -0.25) is 14.2 Å². The lowest BCUT2D eigenvalue weighted by Crippen LogP contribution is -2.51. The fourth-order valence-electron chi connectivity index (χ4n) is 6.09. The molecule has 0 unspecified atom stereocenters. The molecular weight excluding hydrogens is 607 g/mol. The molecule has 3 aliphatic rings. The van der Waals surface area contributed by atoms with Gasteiger partial charge in [0.2, 0.25) is 11.7 Å². The standard InChI is InChI=1S/C31H36F3N7O5/c1-18-17-20(31(32,33)34)5-6-21(18)35-26(42)23-8-7-22-24(38-11-13-39(14-12-38)29(44)46-30(2,3)4)27(43)41-28(40(22)23)36-25(37-41)19-9-15-45-16-10-19/h5-6,9,17,23H,7-8,10-16H2,1-4H3,(H,35,42)/t23-/m1/s1. The van der Waals surface area contributed by atoms with Crippen molar-refractivity contribution in [3.8, 4) is 0 Å². The quantitative estimate of drug-likeness (QED) is 0.449. The molecule has 0 bridgehead atoms. The maximum absolute atomic E-state index is 14.1. The van der Waals surface area contributed by atoms with Gasteiger partial charge in [0.25, 0.3) is 5.56 Å². The number of hydrogen-bond donors (Lipinski definition) is 1. The number of fused-ring (bicyclic) bond motifs is 3. The summed E-state index contributed by atoms with van der Waals surface area (Å²) in [7, 11) is 0. The fourth-order valence-corrected chi connectivity index (χ4v) is 6.09. The highest BCUT2D eigenvalue weighted by Crippen LogP contribution is 2.36. The van der Waals surface area contributed by atoms with Crippen molar-refractivity contribution in [1.82, 2.24) is 24.1 Å². The Kier molecular flexibility index (Phi) is 8.07. The highest BCUT2D eigenvalue weighted by atomic mass is 19.4. The molecule has 1 saturated heterocycles. The van der Waals surface area contributed by atoms with Crippen LogP contribution in [-0.4, -0.2) is 81.1 Å². The maximum atomic E-state index is 14.1. The summed E-state index contributed by atoms with van der Waals surface area (Å²) in [4.78, 5) is 48.8. The number of aryl methyl sites for hydroxylation is 1. The van der Waals surface area contributed by atoms with Crippen LogP contribution in [0.4, 0.5) is 29.3 Å². The third kappa shape index (κ3) is 6.07. The third-order valence-corrected chi connectivity index (χ3v) is 8.34. The van der Waals surface area contributed by atoms with Crippen LogP contribution in [0.5, 0.6) is 0 Å². The largest absolute Gasteiger partial charge is 0.444 e. The molecule has 46 heavy (non-hydrogen) atoms. The minimum atomic E-state index is -4.50. The second-order valence-electron chi connectivity index (χ2n) is 12.7. The van der Waals surface area contributed by atoms with Gasteiger partial charge in [0.1, 0.15) is 17.3 Å². The molecule has 0 radical (unpaired) electrons. The lowest BCUT2D eigenvalue weighted by molar-refractivity contribution is -0.137. The van der Waals surface area contributed by atoms with Crippen LogP contribution in [0.3, 0.4) is 0 Å². The second kappa shape index (κ2) is 11.8. The molecule has 6 rings (SSSR count). The summed E-state index contributed by atoms with van der Waals surface area (Å²) in [6.45, 7) is 9.17. The van der Waals surface area contributed by atoms with Crippen molar-refractivity contribution in [3.63, 3.8) is 0 Å². The summed E-state index contributed by atoms with van der Waals surface area (Å²) in [5.41, 5.74) is 0.541. The van der Waals surface area contributed by atoms with Gasteiger partial charge >= 0.3 is 12.3 Å². The van der Waals surface area contributed by atoms with E-state index in [0.717, 1.165) is 17.7 Å². The molecule has 0 spiro atoms. The van der Waals surface area contributed by atoms with Gasteiger partial charge in [-0.2, -0.15) is 22.7 Å². The van der Waals surface area contributed by atoms with E-state index in [1.54, 1.807) is 30.2 Å². The molecule has 5 heterocycles. The lowest BCUT2D eigenvalue weighted by atomic mass is 10.1. The average molecular weight is 644 g/mol. The number of alkyl halides is 3. The Balaban J connectivity index is 1.36. The van der Waals surface area contributed by atoms with E-state index in [0.29, 0.717) is 75.9 Å². The average Bonchev–Trinajstić information content (AvgIpc) is 3.63. The molecule has 0 aliphatic carbocycles. The number of carbonyl (C=O) groups excluding carboxylic acids is 2. The zero-order valence-electron chi connectivity index (χ0n) is 26.1. The van der Waals surface area contributed by atoms with E-state index >= 15 is 0 Å². The lowest BCUT2D eigenvalue weighted by Gasteiger charge is -2.37. The smallest absolute Gasteiger partial charge is 0.416 e. The van der Waals surface area contributed by atoms with Crippen LogP contribution in [0, 0.1) is 6.92 Å². The minimum Gasteiger partial charge on any atom is -0.444 e. The van der Waals surface area contributed by atoms with E-state index in [1.807, 2.05) is 11.0 Å². The minimum absolute atomic E-state index is 0.209. The van der Waals surface area contributed by atoms with Gasteiger partial charge in [-0.15, -0.1) is 5.10 Å². The molecule has 12 nitrogen and oxygen atoms in total. The van der Waals surface area contributed by atoms with E-state index < -0.39 is 35.4 Å². The first-order valence-corrected chi connectivity index (χ1v) is 15.2. The summed E-state index contributed by atoms with van der Waals surface area (Å²) in [5, 5.41) is 7.37. The number of rotatable bonds is 4. The molecule has 1 N–H and O–H groups in total. The molecule has 1 fully saturated rings. The van der Waals surface area contributed by atoms with Crippen LogP contribution < -0.4 is 15.8 Å². The Hall–Kier alpha value is -4.40. The Labute approximate surface area is 262 Å². The van der Waals surface area contributed by atoms with Gasteiger partial charge in [0.15, 0.2) is 5.82 Å². The van der Waals surface area contributed by atoms with Crippen molar-refractivity contribution in [2.45, 2.75) is 64.8 Å². The van der Waals surface area contributed by atoms with Crippen LogP contribution in [0.1, 0.15) is 62.3 Å². The SMILES string of the molecule is Cc1cc(C(F)(F)F)ccc1NC(=O)[C@H]1CCc2c(N3CCN(C(=O)OC(C)(C)C)CC3)c(=O)n3nc(C4=CCOCC4)nc3n21. The summed E-state index contributed by atoms with van der Waals surface area (Å²) >= 11 is 0. The predicted molar refractivity (Wildman–Crippen MR) is 163 cm³/mol. The number of aromatic nitrogens is 4. The molecule has 1 atom stereocenters. The topological polar surface area (TPSA) is 123 Å². The zero-order chi connectivity index (χ0) is 33.0. The number of hydrogen-bond acceptors (Lipinski definition) is 8. The summed E-state index contributed by atoms with van der Waals surface area (Å²) < 4.78 is 53.6. The van der Waals surface area contributed by atoms with Crippen molar-refractivity contribution in [1.29, 1.82) is 0 Å². The van der Waals surface area contributed by atoms with Crippen molar-refractivity contribution in [2.24, 2.45) is 0 Å². The first kappa shape index (κ1) is 31.6. The monoisotopic (exact) mass is 643 g/mol. The van der Waals surface area contributed by atoms with Gasteiger partial charge in [0.05, 0.1) is 24.5 Å². The van der Waals surface area contributed by atoms with Crippen LogP contribution in [0.2, 0.25) is 0 Å². The van der Waals surface area contributed by atoms with Gasteiger partial charge in [0, 0.05) is 31.9 Å². The van der Waals surface area contributed by atoms with Crippen LogP contribution >= 0.6 is 0 Å². The highest BCUT2D eigenvalue weighted by Gasteiger charge is 2.38. The van der Waals surface area contributed by atoms with E-state index in [1.165, 1.54) is 17.5 Å². The summed E-state index contributed by atoms with van der Waals surface area (Å²) in [6.07, 6.45) is -1.78. The van der Waals surface area contributed by atoms with Crippen molar-refractivity contribution in [2.75, 3.05) is 49.6 Å². The van der Waals surface area contributed by atoms with E-state index in [4.69, 9.17) is 14.5 Å². The number of piperazine rings is 1. The van der Waals surface area contributed by atoms with E-state index in [9.17, 15) is 27.6 Å². The molecule has 3 aromatic rings. The Morgan fingerprint density at radius 3 is 2.46 bits per heavy atom. The van der Waals surface area contributed by atoms with Gasteiger partial charge < -0.3 is 24.6 Å². The second-order valence-corrected chi connectivity index (χ2v) is 12.7. The zero-order valence-corrected chi connectivity index (χ0v) is 26.1. The first-order chi connectivity index (χ1) is 21.7. The fraction of sp³-hybridized carbons (Fsp3) is 0.516. The maximum Gasteiger partial charge on any atom is 0.416 e. The molecule has 2 aromatic heterocycles. The van der Waals surface area contributed by atoms with Crippen molar-refractivity contribution in [3.05, 3.63) is 57.3 Å². The third-order valence-electron chi connectivity index (χ3n) is 8.34. The molecular formula is C31H36F3N7O5. The van der Waals surface area contributed by atoms with E-state index in [-0.39, 0.29) is 22.6 Å². The van der Waals surface area contributed by atoms with Crippen LogP contribution in [0.15, 0.2) is 29.1 Å². The normalized spacial score (nSPS) is 18.8. The molecule has 2 amide bonds. The number of ether oxygens (including phenoxy) is 2. The Morgan fingerprint density at radius 1 is 1.09 bits per heavy atom. The summed E-state index contributed by atoms with van der Waals surface area (Å²) in [6, 6.07) is 2.37. The first-order valence-electron chi connectivity index (χ1n) is 15.2. The number of nitrogens with zero attached hydrogens (tertiary/aromatic N) is 6.